The van der Waals surface area contributed by atoms with Gasteiger partial charge in [-0.25, -0.2) is 0 Å². The molecule has 0 aliphatic carbocycles. The van der Waals surface area contributed by atoms with E-state index in [2.05, 4.69) is 0 Å². The molecule has 1 aliphatic heterocycles. The zero-order chi connectivity index (χ0) is 14.8. The van der Waals surface area contributed by atoms with E-state index in [9.17, 15) is 9.59 Å². The normalized spacial score (nSPS) is 16.1. The van der Waals surface area contributed by atoms with Crippen LogP contribution < -0.4 is 0 Å². The second-order valence-corrected chi connectivity index (χ2v) is 5.99. The van der Waals surface area contributed by atoms with Crippen molar-refractivity contribution in [2.24, 2.45) is 5.92 Å². The van der Waals surface area contributed by atoms with Crippen LogP contribution in [-0.2, 0) is 4.79 Å². The van der Waals surface area contributed by atoms with E-state index in [1.165, 1.54) is 0 Å². The number of carbonyl (C=O) groups excluding carboxylic acids is 1. The summed E-state index contributed by atoms with van der Waals surface area (Å²) in [5.41, 5.74) is 0. The number of aliphatic carboxylic acids is 1. The van der Waals surface area contributed by atoms with Crippen LogP contribution in [0, 0.1) is 5.92 Å². The molecule has 21 heavy (non-hydrogen) atoms. The Bertz CT molecular complexity index is 638. The van der Waals surface area contributed by atoms with Gasteiger partial charge in [0.25, 0.3) is 5.91 Å². The van der Waals surface area contributed by atoms with E-state index in [0.717, 1.165) is 4.88 Å². The highest BCUT2D eigenvalue weighted by Crippen LogP contribution is 2.27. The molecule has 0 spiro atoms. The molecule has 0 unspecified atom stereocenters. The van der Waals surface area contributed by atoms with Crippen molar-refractivity contribution in [1.29, 1.82) is 0 Å². The number of carboxylic acid groups (broad SMARTS) is 1. The molecule has 110 valence electrons. The predicted octanol–water partition coefficient (Wildman–Crippen LogP) is 2.94. The Balaban J connectivity index is 1.68. The van der Waals surface area contributed by atoms with Gasteiger partial charge in [-0.3, -0.25) is 9.59 Å². The van der Waals surface area contributed by atoms with E-state index in [1.54, 1.807) is 28.4 Å². The number of rotatable bonds is 3. The third kappa shape index (κ3) is 2.85. The molecule has 0 radical (unpaired) electrons. The zero-order valence-electron chi connectivity index (χ0n) is 11.3. The Kier molecular flexibility index (Phi) is 3.79. The van der Waals surface area contributed by atoms with Gasteiger partial charge in [0, 0.05) is 13.1 Å². The highest BCUT2D eigenvalue weighted by molar-refractivity contribution is 7.13. The standard InChI is InChI=1S/C15H15NO4S/c17-14(16-7-5-10(6-8-16)15(18)19)12-4-3-11(20-12)13-2-1-9-21-13/h1-4,9-10H,5-8H2,(H,18,19). The maximum atomic E-state index is 12.3. The first-order valence-corrected chi connectivity index (χ1v) is 7.69. The van der Waals surface area contributed by atoms with Gasteiger partial charge in [0.1, 0.15) is 5.76 Å². The summed E-state index contributed by atoms with van der Waals surface area (Å²) in [7, 11) is 0. The molecular formula is C15H15NO4S. The minimum absolute atomic E-state index is 0.165. The highest BCUT2D eigenvalue weighted by atomic mass is 32.1. The first-order chi connectivity index (χ1) is 10.1. The Morgan fingerprint density at radius 3 is 2.62 bits per heavy atom. The van der Waals surface area contributed by atoms with Crippen LogP contribution in [0.15, 0.2) is 34.1 Å². The first-order valence-electron chi connectivity index (χ1n) is 6.81. The van der Waals surface area contributed by atoms with E-state index in [4.69, 9.17) is 9.52 Å². The number of carbonyl (C=O) groups is 2. The lowest BCUT2D eigenvalue weighted by Crippen LogP contribution is -2.40. The number of hydrogen-bond acceptors (Lipinski definition) is 4. The van der Waals surface area contributed by atoms with E-state index in [1.807, 2.05) is 17.5 Å². The molecule has 1 aliphatic rings. The van der Waals surface area contributed by atoms with Gasteiger partial charge in [-0.15, -0.1) is 11.3 Å². The lowest BCUT2D eigenvalue weighted by Gasteiger charge is -2.29. The van der Waals surface area contributed by atoms with Gasteiger partial charge >= 0.3 is 5.97 Å². The van der Waals surface area contributed by atoms with Gasteiger partial charge in [-0.1, -0.05) is 6.07 Å². The summed E-state index contributed by atoms with van der Waals surface area (Å²) < 4.78 is 5.62. The molecule has 6 heteroatoms. The summed E-state index contributed by atoms with van der Waals surface area (Å²) in [6, 6.07) is 7.35. The zero-order valence-corrected chi connectivity index (χ0v) is 12.1. The second-order valence-electron chi connectivity index (χ2n) is 5.05. The fourth-order valence-electron chi connectivity index (χ4n) is 2.49. The van der Waals surface area contributed by atoms with Crippen LogP contribution in [-0.4, -0.2) is 35.0 Å². The van der Waals surface area contributed by atoms with Gasteiger partial charge in [0.05, 0.1) is 10.8 Å². The second kappa shape index (κ2) is 5.73. The molecule has 1 amide bonds. The SMILES string of the molecule is O=C(O)C1CCN(C(=O)c2ccc(-c3cccs3)o2)CC1. The maximum Gasteiger partial charge on any atom is 0.306 e. The van der Waals surface area contributed by atoms with Gasteiger partial charge in [-0.05, 0) is 36.4 Å². The van der Waals surface area contributed by atoms with Gasteiger partial charge in [0.15, 0.2) is 5.76 Å². The summed E-state index contributed by atoms with van der Waals surface area (Å²) in [6.07, 6.45) is 0.999. The number of nitrogens with zero attached hydrogens (tertiary/aromatic N) is 1. The van der Waals surface area contributed by atoms with Crippen LogP contribution in [0.2, 0.25) is 0 Å². The summed E-state index contributed by atoms with van der Waals surface area (Å²) >= 11 is 1.56. The Morgan fingerprint density at radius 2 is 2.00 bits per heavy atom. The van der Waals surface area contributed by atoms with Crippen molar-refractivity contribution in [2.75, 3.05) is 13.1 Å². The Hall–Kier alpha value is -2.08. The smallest absolute Gasteiger partial charge is 0.306 e. The topological polar surface area (TPSA) is 70.8 Å². The monoisotopic (exact) mass is 305 g/mol. The molecule has 1 saturated heterocycles. The van der Waals surface area contributed by atoms with Crippen molar-refractivity contribution >= 4 is 23.2 Å². The molecule has 0 saturated carbocycles. The number of hydrogen-bond donors (Lipinski definition) is 1. The number of thiophene rings is 1. The van der Waals surface area contributed by atoms with Gasteiger partial charge in [-0.2, -0.15) is 0 Å². The molecule has 2 aromatic heterocycles. The van der Waals surface area contributed by atoms with Crippen LogP contribution in [0.4, 0.5) is 0 Å². The maximum absolute atomic E-state index is 12.3. The van der Waals surface area contributed by atoms with Gasteiger partial charge < -0.3 is 14.4 Å². The number of piperidine rings is 1. The largest absolute Gasteiger partial charge is 0.481 e. The van der Waals surface area contributed by atoms with Crippen molar-refractivity contribution in [2.45, 2.75) is 12.8 Å². The number of likely N-dealkylation sites (tertiary alicyclic amines) is 1. The first kappa shape index (κ1) is 13.9. The molecule has 1 fully saturated rings. The van der Waals surface area contributed by atoms with Crippen molar-refractivity contribution in [3.05, 3.63) is 35.4 Å². The third-order valence-corrected chi connectivity index (χ3v) is 4.60. The molecule has 0 atom stereocenters. The molecule has 0 aromatic carbocycles. The number of carboxylic acids is 1. The summed E-state index contributed by atoms with van der Waals surface area (Å²) in [5.74, 6) is -0.282. The van der Waals surface area contributed by atoms with Crippen molar-refractivity contribution < 1.29 is 19.1 Å². The molecule has 0 bridgehead atoms. The highest BCUT2D eigenvalue weighted by Gasteiger charge is 2.28. The molecule has 3 heterocycles. The lowest BCUT2D eigenvalue weighted by atomic mass is 9.97. The predicted molar refractivity (Wildman–Crippen MR) is 78.3 cm³/mol. The summed E-state index contributed by atoms with van der Waals surface area (Å²) in [5, 5.41) is 10.9. The number of furan rings is 1. The van der Waals surface area contributed by atoms with Crippen molar-refractivity contribution in [3.63, 3.8) is 0 Å². The average molecular weight is 305 g/mol. The van der Waals surface area contributed by atoms with Crippen LogP contribution in [0.1, 0.15) is 23.4 Å². The fourth-order valence-corrected chi connectivity index (χ4v) is 3.18. The van der Waals surface area contributed by atoms with Gasteiger partial charge in [0.2, 0.25) is 0 Å². The summed E-state index contributed by atoms with van der Waals surface area (Å²) in [6.45, 7) is 0.926. The van der Waals surface area contributed by atoms with Crippen LogP contribution in [0.3, 0.4) is 0 Å². The van der Waals surface area contributed by atoms with E-state index < -0.39 is 5.97 Å². The van der Waals surface area contributed by atoms with Crippen molar-refractivity contribution in [3.8, 4) is 10.6 Å². The van der Waals surface area contributed by atoms with Crippen LogP contribution in [0.5, 0.6) is 0 Å². The van der Waals surface area contributed by atoms with E-state index >= 15 is 0 Å². The van der Waals surface area contributed by atoms with Crippen LogP contribution in [0.25, 0.3) is 10.6 Å². The minimum Gasteiger partial charge on any atom is -0.481 e. The summed E-state index contributed by atoms with van der Waals surface area (Å²) in [4.78, 5) is 25.9. The molecule has 3 rings (SSSR count). The van der Waals surface area contributed by atoms with Crippen molar-refractivity contribution in [1.82, 2.24) is 4.90 Å². The minimum atomic E-state index is -0.778. The fraction of sp³-hybridized carbons (Fsp3) is 0.333. The quantitative estimate of drug-likeness (QED) is 0.946. The molecule has 1 N–H and O–H groups in total. The van der Waals surface area contributed by atoms with E-state index in [0.29, 0.717) is 37.5 Å². The average Bonchev–Trinajstić information content (AvgIpc) is 3.17. The molecule has 5 nitrogen and oxygen atoms in total. The molecule has 2 aromatic rings. The Morgan fingerprint density at radius 1 is 1.24 bits per heavy atom. The Labute approximate surface area is 125 Å². The van der Waals surface area contributed by atoms with Crippen LogP contribution >= 0.6 is 11.3 Å². The third-order valence-electron chi connectivity index (χ3n) is 3.71. The molecular weight excluding hydrogens is 290 g/mol. The van der Waals surface area contributed by atoms with E-state index in [-0.39, 0.29) is 11.8 Å². The number of amides is 1. The lowest BCUT2D eigenvalue weighted by molar-refractivity contribution is -0.143.